The lowest BCUT2D eigenvalue weighted by Crippen LogP contribution is -2.24. The summed E-state index contributed by atoms with van der Waals surface area (Å²) in [6, 6.07) is 3.99. The van der Waals surface area contributed by atoms with Gasteiger partial charge in [0.1, 0.15) is 11.6 Å². The highest BCUT2D eigenvalue weighted by Gasteiger charge is 2.12. The van der Waals surface area contributed by atoms with Crippen LogP contribution < -0.4 is 9.64 Å². The van der Waals surface area contributed by atoms with Gasteiger partial charge in [-0.3, -0.25) is 0 Å². The molecule has 1 aromatic carbocycles. The zero-order chi connectivity index (χ0) is 15.4. The van der Waals surface area contributed by atoms with Gasteiger partial charge >= 0.3 is 6.01 Å². The second-order valence-corrected chi connectivity index (χ2v) is 4.78. The Bertz CT molecular complexity index is 638. The molecular formula is C13H13Cl2FN4O. The van der Waals surface area contributed by atoms with Crippen molar-refractivity contribution in [3.8, 4) is 11.8 Å². The van der Waals surface area contributed by atoms with Gasteiger partial charge in [-0.1, -0.05) is 11.6 Å². The first kappa shape index (κ1) is 15.7. The van der Waals surface area contributed by atoms with E-state index in [-0.39, 0.29) is 16.3 Å². The van der Waals surface area contributed by atoms with Crippen molar-refractivity contribution in [2.75, 3.05) is 18.0 Å². The number of rotatable bonds is 5. The monoisotopic (exact) mass is 330 g/mol. The molecule has 5 nitrogen and oxygen atoms in total. The molecule has 21 heavy (non-hydrogen) atoms. The van der Waals surface area contributed by atoms with Gasteiger partial charge in [0.15, 0.2) is 0 Å². The van der Waals surface area contributed by atoms with Gasteiger partial charge in [0.05, 0.1) is 5.02 Å². The minimum atomic E-state index is -0.526. The number of nitrogens with zero attached hydrogens (tertiary/aromatic N) is 4. The van der Waals surface area contributed by atoms with Gasteiger partial charge in [-0.25, -0.2) is 4.39 Å². The molecule has 2 rings (SSSR count). The molecule has 1 heterocycles. The second kappa shape index (κ2) is 6.87. The van der Waals surface area contributed by atoms with E-state index in [1.807, 2.05) is 18.7 Å². The molecule has 0 fully saturated rings. The van der Waals surface area contributed by atoms with Crippen molar-refractivity contribution in [1.29, 1.82) is 0 Å². The van der Waals surface area contributed by atoms with E-state index in [0.29, 0.717) is 11.7 Å². The summed E-state index contributed by atoms with van der Waals surface area (Å²) >= 11 is 11.6. The molecule has 0 saturated carbocycles. The Balaban J connectivity index is 2.29. The normalized spacial score (nSPS) is 10.5. The molecule has 1 aromatic heterocycles. The standard InChI is InChI=1S/C13H13Cl2FN4O/c1-3-20(4-2)12-17-11(15)18-13(19-12)21-8-5-6-10(16)9(14)7-8/h5-7H,3-4H2,1-2H3. The average molecular weight is 331 g/mol. The quantitative estimate of drug-likeness (QED) is 0.830. The molecule has 2 aromatic rings. The fourth-order valence-corrected chi connectivity index (χ4v) is 1.98. The lowest BCUT2D eigenvalue weighted by atomic mass is 10.3. The molecule has 0 unspecified atom stereocenters. The maximum absolute atomic E-state index is 13.1. The van der Waals surface area contributed by atoms with E-state index < -0.39 is 5.82 Å². The Kier molecular flexibility index (Phi) is 5.14. The predicted molar refractivity (Wildman–Crippen MR) is 79.9 cm³/mol. The summed E-state index contributed by atoms with van der Waals surface area (Å²) < 4.78 is 18.6. The lowest BCUT2D eigenvalue weighted by molar-refractivity contribution is 0.438. The van der Waals surface area contributed by atoms with Crippen molar-refractivity contribution in [2.45, 2.75) is 13.8 Å². The number of aromatic nitrogens is 3. The van der Waals surface area contributed by atoms with E-state index in [0.717, 1.165) is 13.1 Å². The topological polar surface area (TPSA) is 51.1 Å². The molecule has 0 N–H and O–H groups in total. The van der Waals surface area contributed by atoms with Crippen molar-refractivity contribution in [1.82, 2.24) is 15.0 Å². The first-order chi connectivity index (χ1) is 10.0. The molecule has 0 atom stereocenters. The molecular weight excluding hydrogens is 318 g/mol. The highest BCUT2D eigenvalue weighted by molar-refractivity contribution is 6.30. The Morgan fingerprint density at radius 3 is 2.48 bits per heavy atom. The minimum absolute atomic E-state index is 0.0232. The third-order valence-corrected chi connectivity index (χ3v) is 3.18. The van der Waals surface area contributed by atoms with Crippen LogP contribution in [0.15, 0.2) is 18.2 Å². The van der Waals surface area contributed by atoms with Gasteiger partial charge in [0.25, 0.3) is 0 Å². The van der Waals surface area contributed by atoms with Gasteiger partial charge in [0.2, 0.25) is 11.2 Å². The maximum Gasteiger partial charge on any atom is 0.328 e. The van der Waals surface area contributed by atoms with Crippen LogP contribution in [0.3, 0.4) is 0 Å². The first-order valence-corrected chi connectivity index (χ1v) is 7.08. The summed E-state index contributed by atoms with van der Waals surface area (Å²) in [5.74, 6) is 0.207. The molecule has 0 aliphatic rings. The maximum atomic E-state index is 13.1. The van der Waals surface area contributed by atoms with E-state index in [1.54, 1.807) is 0 Å². The molecule has 0 radical (unpaired) electrons. The zero-order valence-electron chi connectivity index (χ0n) is 11.5. The number of anilines is 1. The molecule has 8 heteroatoms. The van der Waals surface area contributed by atoms with Crippen LogP contribution in [-0.2, 0) is 0 Å². The highest BCUT2D eigenvalue weighted by Crippen LogP contribution is 2.25. The third-order valence-electron chi connectivity index (χ3n) is 2.72. The van der Waals surface area contributed by atoms with E-state index in [1.165, 1.54) is 18.2 Å². The van der Waals surface area contributed by atoms with Crippen LogP contribution in [0.1, 0.15) is 13.8 Å². The van der Waals surface area contributed by atoms with Gasteiger partial charge in [0, 0.05) is 19.2 Å². The SMILES string of the molecule is CCN(CC)c1nc(Cl)nc(Oc2ccc(F)c(Cl)c2)n1. The van der Waals surface area contributed by atoms with Crippen molar-refractivity contribution in [2.24, 2.45) is 0 Å². The van der Waals surface area contributed by atoms with Crippen molar-refractivity contribution in [3.05, 3.63) is 34.3 Å². The molecule has 0 bridgehead atoms. The van der Waals surface area contributed by atoms with E-state index in [2.05, 4.69) is 15.0 Å². The van der Waals surface area contributed by atoms with Gasteiger partial charge in [-0.2, -0.15) is 15.0 Å². The molecule has 0 aliphatic heterocycles. The summed E-state index contributed by atoms with van der Waals surface area (Å²) in [4.78, 5) is 14.0. The number of halogens is 3. The van der Waals surface area contributed by atoms with Crippen LogP contribution in [-0.4, -0.2) is 28.0 Å². The number of hydrogen-bond acceptors (Lipinski definition) is 5. The van der Waals surface area contributed by atoms with Gasteiger partial charge in [-0.05, 0) is 37.6 Å². The smallest absolute Gasteiger partial charge is 0.328 e. The number of benzene rings is 1. The highest BCUT2D eigenvalue weighted by atomic mass is 35.5. The Morgan fingerprint density at radius 2 is 1.86 bits per heavy atom. The summed E-state index contributed by atoms with van der Waals surface area (Å²) in [6.07, 6.45) is 0. The van der Waals surface area contributed by atoms with Crippen molar-refractivity contribution < 1.29 is 9.13 Å². The van der Waals surface area contributed by atoms with Crippen LogP contribution in [0, 0.1) is 5.82 Å². The zero-order valence-corrected chi connectivity index (χ0v) is 13.0. The molecule has 0 amide bonds. The first-order valence-electron chi connectivity index (χ1n) is 6.33. The van der Waals surface area contributed by atoms with E-state index in [9.17, 15) is 4.39 Å². The summed E-state index contributed by atoms with van der Waals surface area (Å²) in [5, 5.41) is -0.0215. The minimum Gasteiger partial charge on any atom is -0.424 e. The fraction of sp³-hybridized carbons (Fsp3) is 0.308. The largest absolute Gasteiger partial charge is 0.424 e. The third kappa shape index (κ3) is 3.92. The Morgan fingerprint density at radius 1 is 1.14 bits per heavy atom. The van der Waals surface area contributed by atoms with Crippen LogP contribution in [0.4, 0.5) is 10.3 Å². The van der Waals surface area contributed by atoms with E-state index >= 15 is 0 Å². The second-order valence-electron chi connectivity index (χ2n) is 4.04. The van der Waals surface area contributed by atoms with Crippen LogP contribution in [0.5, 0.6) is 11.8 Å². The lowest BCUT2D eigenvalue weighted by Gasteiger charge is -2.18. The van der Waals surface area contributed by atoms with Gasteiger partial charge in [-0.15, -0.1) is 0 Å². The Hall–Kier alpha value is -1.66. The van der Waals surface area contributed by atoms with Crippen LogP contribution >= 0.6 is 23.2 Å². The average Bonchev–Trinajstić information content (AvgIpc) is 2.44. The van der Waals surface area contributed by atoms with Gasteiger partial charge < -0.3 is 9.64 Å². The summed E-state index contributed by atoms with van der Waals surface area (Å²) in [5.41, 5.74) is 0. The molecule has 0 aliphatic carbocycles. The Labute approximate surface area is 131 Å². The van der Waals surface area contributed by atoms with Crippen LogP contribution in [0.2, 0.25) is 10.3 Å². The van der Waals surface area contributed by atoms with Crippen molar-refractivity contribution >= 4 is 29.2 Å². The predicted octanol–water partition coefficient (Wildman–Crippen LogP) is 3.96. The van der Waals surface area contributed by atoms with Crippen LogP contribution in [0.25, 0.3) is 0 Å². The number of hydrogen-bond donors (Lipinski definition) is 0. The fourth-order valence-electron chi connectivity index (χ4n) is 1.66. The van der Waals surface area contributed by atoms with E-state index in [4.69, 9.17) is 27.9 Å². The summed E-state index contributed by atoms with van der Waals surface area (Å²) in [6.45, 7) is 5.39. The molecule has 0 spiro atoms. The van der Waals surface area contributed by atoms with Crippen molar-refractivity contribution in [3.63, 3.8) is 0 Å². The number of ether oxygens (including phenoxy) is 1. The molecule has 112 valence electrons. The summed E-state index contributed by atoms with van der Waals surface area (Å²) in [7, 11) is 0. The molecule has 0 saturated heterocycles.